The molecule has 0 saturated carbocycles. The average molecular weight is 277 g/mol. The third-order valence-corrected chi connectivity index (χ3v) is 3.69. The summed E-state index contributed by atoms with van der Waals surface area (Å²) in [5.74, 6) is -0.285. The molecule has 1 aromatic heterocycles. The van der Waals surface area contributed by atoms with Crippen LogP contribution in [0, 0.1) is 12.8 Å². The summed E-state index contributed by atoms with van der Waals surface area (Å²) in [7, 11) is 1.62. The zero-order valence-electron chi connectivity index (χ0n) is 11.7. The number of hydrogen-bond donors (Lipinski definition) is 2. The molecule has 6 nitrogen and oxygen atoms in total. The van der Waals surface area contributed by atoms with Crippen LogP contribution in [0.5, 0.6) is 0 Å². The predicted molar refractivity (Wildman–Crippen MR) is 74.5 cm³/mol. The van der Waals surface area contributed by atoms with Crippen molar-refractivity contribution in [2.75, 3.05) is 20.1 Å². The lowest BCUT2D eigenvalue weighted by Gasteiger charge is -2.31. The first-order valence-corrected chi connectivity index (χ1v) is 6.73. The molecule has 6 heteroatoms. The third-order valence-electron chi connectivity index (χ3n) is 3.69. The lowest BCUT2D eigenvalue weighted by molar-refractivity contribution is -0.125. The topological polar surface area (TPSA) is 82.3 Å². The molecule has 1 aromatic rings. The van der Waals surface area contributed by atoms with Crippen LogP contribution in [0.4, 0.5) is 0 Å². The molecule has 1 aliphatic heterocycles. The fourth-order valence-electron chi connectivity index (χ4n) is 2.46. The lowest BCUT2D eigenvalue weighted by Crippen LogP contribution is -2.43. The van der Waals surface area contributed by atoms with Gasteiger partial charge in [0, 0.05) is 44.0 Å². The van der Waals surface area contributed by atoms with Gasteiger partial charge in [0.2, 0.25) is 5.91 Å². The summed E-state index contributed by atoms with van der Waals surface area (Å²) in [6.45, 7) is 2.78. The number of hydrogen-bond acceptors (Lipinski definition) is 3. The van der Waals surface area contributed by atoms with E-state index >= 15 is 0 Å². The van der Waals surface area contributed by atoms with Gasteiger partial charge in [0.1, 0.15) is 5.56 Å². The third kappa shape index (κ3) is 2.89. The van der Waals surface area contributed by atoms with Crippen molar-refractivity contribution in [2.24, 2.45) is 5.92 Å². The van der Waals surface area contributed by atoms with Crippen molar-refractivity contribution in [3.8, 4) is 0 Å². The molecule has 1 fully saturated rings. The van der Waals surface area contributed by atoms with Crippen LogP contribution in [-0.2, 0) is 4.79 Å². The summed E-state index contributed by atoms with van der Waals surface area (Å²) < 4.78 is 0. The molecule has 0 spiro atoms. The van der Waals surface area contributed by atoms with Gasteiger partial charge in [-0.1, -0.05) is 0 Å². The maximum Gasteiger partial charge on any atom is 0.259 e. The number of likely N-dealkylation sites (tertiary alicyclic amines) is 1. The number of H-pyrrole nitrogens is 1. The second kappa shape index (κ2) is 5.90. The number of rotatable bonds is 2. The number of nitrogens with zero attached hydrogens (tertiary/aromatic N) is 1. The highest BCUT2D eigenvalue weighted by Gasteiger charge is 2.28. The van der Waals surface area contributed by atoms with Crippen LogP contribution in [0.1, 0.15) is 28.9 Å². The van der Waals surface area contributed by atoms with Gasteiger partial charge < -0.3 is 15.2 Å². The molecule has 20 heavy (non-hydrogen) atoms. The largest absolute Gasteiger partial charge is 0.364 e. The Balaban J connectivity index is 2.05. The number of aromatic amines is 1. The van der Waals surface area contributed by atoms with Crippen molar-refractivity contribution in [1.29, 1.82) is 0 Å². The summed E-state index contributed by atoms with van der Waals surface area (Å²) in [5, 5.41) is 2.63. The molecule has 1 saturated heterocycles. The van der Waals surface area contributed by atoms with E-state index < -0.39 is 0 Å². The Labute approximate surface area is 117 Å². The highest BCUT2D eigenvalue weighted by atomic mass is 16.2. The molecule has 0 atom stereocenters. The van der Waals surface area contributed by atoms with Crippen molar-refractivity contribution in [2.45, 2.75) is 19.8 Å². The number of nitrogens with one attached hydrogen (secondary N) is 2. The molecule has 2 N–H and O–H groups in total. The average Bonchev–Trinajstić information content (AvgIpc) is 2.46. The fraction of sp³-hybridized carbons (Fsp3) is 0.500. The molecular weight excluding hydrogens is 258 g/mol. The van der Waals surface area contributed by atoms with Crippen LogP contribution in [0.15, 0.2) is 17.1 Å². The van der Waals surface area contributed by atoms with Gasteiger partial charge in [-0.05, 0) is 19.8 Å². The first-order chi connectivity index (χ1) is 9.52. The van der Waals surface area contributed by atoms with Crippen LogP contribution >= 0.6 is 0 Å². The maximum atomic E-state index is 12.3. The highest BCUT2D eigenvalue weighted by Crippen LogP contribution is 2.18. The smallest absolute Gasteiger partial charge is 0.259 e. The zero-order valence-corrected chi connectivity index (χ0v) is 11.7. The number of aromatic nitrogens is 1. The predicted octanol–water partition coefficient (Wildman–Crippen LogP) is 0.282. The molecule has 2 rings (SSSR count). The van der Waals surface area contributed by atoms with Crippen molar-refractivity contribution in [3.05, 3.63) is 33.7 Å². The number of piperidine rings is 1. The van der Waals surface area contributed by atoms with Crippen LogP contribution in [0.2, 0.25) is 0 Å². The Kier molecular flexibility index (Phi) is 4.22. The molecule has 1 aliphatic rings. The molecule has 0 unspecified atom stereocenters. The minimum absolute atomic E-state index is 0.0188. The van der Waals surface area contributed by atoms with E-state index in [1.807, 2.05) is 0 Å². The molecule has 0 aliphatic carbocycles. The first-order valence-electron chi connectivity index (χ1n) is 6.73. The van der Waals surface area contributed by atoms with E-state index in [1.165, 1.54) is 12.3 Å². The quantitative estimate of drug-likeness (QED) is 0.814. The van der Waals surface area contributed by atoms with Crippen LogP contribution < -0.4 is 10.7 Å². The fourth-order valence-corrected chi connectivity index (χ4v) is 2.46. The van der Waals surface area contributed by atoms with Crippen molar-refractivity contribution in [3.63, 3.8) is 0 Å². The van der Waals surface area contributed by atoms with Gasteiger partial charge in [-0.15, -0.1) is 0 Å². The number of aryl methyl sites for hydroxylation is 1. The van der Waals surface area contributed by atoms with Crippen molar-refractivity contribution in [1.82, 2.24) is 15.2 Å². The van der Waals surface area contributed by atoms with Gasteiger partial charge in [-0.3, -0.25) is 14.4 Å². The van der Waals surface area contributed by atoms with Crippen LogP contribution in [0.25, 0.3) is 0 Å². The minimum atomic E-state index is -0.264. The Bertz CT molecular complexity index is 571. The molecule has 0 aromatic carbocycles. The summed E-state index contributed by atoms with van der Waals surface area (Å²) in [6.07, 6.45) is 2.73. The number of carbonyl (C=O) groups is 2. The second-order valence-corrected chi connectivity index (χ2v) is 5.07. The van der Waals surface area contributed by atoms with Gasteiger partial charge in [-0.25, -0.2) is 0 Å². The molecule has 2 amide bonds. The van der Waals surface area contributed by atoms with Crippen molar-refractivity contribution >= 4 is 11.8 Å². The van der Waals surface area contributed by atoms with Gasteiger partial charge in [0.05, 0.1) is 0 Å². The molecular formula is C14H19N3O3. The Morgan fingerprint density at radius 3 is 2.55 bits per heavy atom. The zero-order chi connectivity index (χ0) is 14.7. The van der Waals surface area contributed by atoms with E-state index in [0.29, 0.717) is 25.9 Å². The van der Waals surface area contributed by atoms with E-state index in [2.05, 4.69) is 10.3 Å². The molecule has 2 heterocycles. The summed E-state index contributed by atoms with van der Waals surface area (Å²) >= 11 is 0. The second-order valence-electron chi connectivity index (χ2n) is 5.07. The molecule has 108 valence electrons. The Hall–Kier alpha value is -2.11. The Morgan fingerprint density at radius 1 is 1.35 bits per heavy atom. The standard InChI is InChI=1S/C14H19N3O3/c1-9-7-12(18)11(8-16-9)14(20)17-5-3-10(4-6-17)13(19)15-2/h7-8,10H,3-6H2,1-2H3,(H,15,19)(H,16,18). The number of amides is 2. The summed E-state index contributed by atoms with van der Waals surface area (Å²) in [4.78, 5) is 40.2. The van der Waals surface area contributed by atoms with Gasteiger partial charge in [0.25, 0.3) is 5.91 Å². The van der Waals surface area contributed by atoms with Crippen LogP contribution in [0.3, 0.4) is 0 Å². The maximum absolute atomic E-state index is 12.3. The first kappa shape index (κ1) is 14.3. The molecule has 0 radical (unpaired) electrons. The van der Waals surface area contributed by atoms with Gasteiger partial charge in [0.15, 0.2) is 5.43 Å². The van der Waals surface area contributed by atoms with E-state index in [-0.39, 0.29) is 28.7 Å². The van der Waals surface area contributed by atoms with E-state index in [1.54, 1.807) is 18.9 Å². The van der Waals surface area contributed by atoms with E-state index in [0.717, 1.165) is 5.69 Å². The highest BCUT2D eigenvalue weighted by molar-refractivity contribution is 5.94. The van der Waals surface area contributed by atoms with Gasteiger partial charge >= 0.3 is 0 Å². The lowest BCUT2D eigenvalue weighted by atomic mass is 9.95. The normalized spacial score (nSPS) is 16.0. The van der Waals surface area contributed by atoms with E-state index in [9.17, 15) is 14.4 Å². The van der Waals surface area contributed by atoms with Gasteiger partial charge in [-0.2, -0.15) is 0 Å². The minimum Gasteiger partial charge on any atom is -0.364 e. The number of pyridine rings is 1. The SMILES string of the molecule is CNC(=O)C1CCN(C(=O)c2c[nH]c(C)cc2=O)CC1. The monoisotopic (exact) mass is 277 g/mol. The summed E-state index contributed by atoms with van der Waals surface area (Å²) in [5.41, 5.74) is 0.624. The summed E-state index contributed by atoms with van der Waals surface area (Å²) in [6, 6.07) is 1.42. The molecule has 0 bridgehead atoms. The van der Waals surface area contributed by atoms with Crippen LogP contribution in [-0.4, -0.2) is 41.8 Å². The van der Waals surface area contributed by atoms with E-state index in [4.69, 9.17) is 0 Å². The number of carbonyl (C=O) groups excluding carboxylic acids is 2. The van der Waals surface area contributed by atoms with Crippen molar-refractivity contribution < 1.29 is 9.59 Å². The Morgan fingerprint density at radius 2 is 2.00 bits per heavy atom.